The van der Waals surface area contributed by atoms with Crippen molar-refractivity contribution in [2.45, 2.75) is 71.3 Å². The molecule has 0 aliphatic carbocycles. The van der Waals surface area contributed by atoms with Gasteiger partial charge in [-0.05, 0) is 31.2 Å². The summed E-state index contributed by atoms with van der Waals surface area (Å²) in [5, 5.41) is 2.82. The normalized spacial score (nSPS) is 11.1. The lowest BCUT2D eigenvalue weighted by Gasteiger charge is -2.33. The molecule has 1 amide bonds. The van der Waals surface area contributed by atoms with Crippen molar-refractivity contribution in [3.05, 3.63) is 35.9 Å². The monoisotopic (exact) mass is 435 g/mol. The predicted molar refractivity (Wildman–Crippen MR) is 118 cm³/mol. The fourth-order valence-electron chi connectivity index (χ4n) is 3.32. The maximum absolute atomic E-state index is 11.7. The Labute approximate surface area is 185 Å². The average molecular weight is 436 g/mol. The Balaban J connectivity index is 2.28. The van der Waals surface area contributed by atoms with Gasteiger partial charge in [0.05, 0.1) is 0 Å². The smallest absolute Gasteiger partial charge is 0.302 e. The second kappa shape index (κ2) is 15.4. The van der Waals surface area contributed by atoms with Crippen molar-refractivity contribution >= 4 is 17.8 Å². The van der Waals surface area contributed by atoms with Gasteiger partial charge in [-0.2, -0.15) is 0 Å². The first-order chi connectivity index (χ1) is 14.8. The molecule has 174 valence electrons. The molecule has 1 aromatic carbocycles. The Bertz CT molecular complexity index is 643. The number of nitrogens with one attached hydrogen (secondary N) is 1. The topological polar surface area (TPSA) is 90.9 Å². The molecular weight excluding hydrogens is 398 g/mol. The summed E-state index contributed by atoms with van der Waals surface area (Å²) in [6.07, 6.45) is 6.28. The second-order valence-electron chi connectivity index (χ2n) is 7.89. The summed E-state index contributed by atoms with van der Waals surface area (Å²) in [6.45, 7) is 5.44. The number of carbonyl (C=O) groups is 3. The molecule has 7 heteroatoms. The van der Waals surface area contributed by atoms with Crippen molar-refractivity contribution in [1.29, 1.82) is 0 Å². The number of hydrogen-bond acceptors (Lipinski definition) is 6. The molecule has 0 saturated heterocycles. The third-order valence-corrected chi connectivity index (χ3v) is 4.84. The van der Waals surface area contributed by atoms with E-state index in [2.05, 4.69) is 29.6 Å². The summed E-state index contributed by atoms with van der Waals surface area (Å²) in [5.74, 6) is -1.15. The molecule has 1 N–H and O–H groups in total. The lowest BCUT2D eigenvalue weighted by Crippen LogP contribution is -2.55. The Hall–Kier alpha value is -2.41. The number of carbonyl (C=O) groups excluding carboxylic acids is 3. The molecule has 1 aromatic rings. The number of unbranched alkanes of at least 4 members (excludes halogenated alkanes) is 3. The zero-order valence-corrected chi connectivity index (χ0v) is 19.1. The molecule has 0 saturated carbocycles. The first-order valence-corrected chi connectivity index (χ1v) is 11.0. The van der Waals surface area contributed by atoms with Crippen LogP contribution in [0.25, 0.3) is 0 Å². The SMILES string of the molecule is CC(=O)NC(CCCCCCOCCCc1ccccc1)(COC(C)=O)COC(C)=O. The van der Waals surface area contributed by atoms with Gasteiger partial charge in [-0.25, -0.2) is 0 Å². The highest BCUT2D eigenvalue weighted by molar-refractivity contribution is 5.74. The van der Waals surface area contributed by atoms with Crippen molar-refractivity contribution < 1.29 is 28.6 Å². The number of ether oxygens (including phenoxy) is 3. The van der Waals surface area contributed by atoms with E-state index in [0.29, 0.717) is 6.42 Å². The van der Waals surface area contributed by atoms with Crippen LogP contribution in [0.4, 0.5) is 0 Å². The van der Waals surface area contributed by atoms with Crippen LogP contribution in [-0.4, -0.2) is 49.8 Å². The van der Waals surface area contributed by atoms with Crippen molar-refractivity contribution in [1.82, 2.24) is 5.32 Å². The van der Waals surface area contributed by atoms with Crippen LogP contribution in [0.3, 0.4) is 0 Å². The van der Waals surface area contributed by atoms with Crippen molar-refractivity contribution in [3.8, 4) is 0 Å². The second-order valence-corrected chi connectivity index (χ2v) is 7.89. The Morgan fingerprint density at radius 1 is 0.806 bits per heavy atom. The van der Waals surface area contributed by atoms with E-state index in [1.807, 2.05) is 6.07 Å². The lowest BCUT2D eigenvalue weighted by atomic mass is 9.93. The molecule has 31 heavy (non-hydrogen) atoms. The third kappa shape index (κ3) is 13.5. The van der Waals surface area contributed by atoms with Crippen molar-refractivity contribution in [2.24, 2.45) is 0 Å². The molecular formula is C24H37NO6. The molecule has 0 aliphatic rings. The van der Waals surface area contributed by atoms with Crippen LogP contribution in [0.5, 0.6) is 0 Å². The van der Waals surface area contributed by atoms with Crippen LogP contribution in [-0.2, 0) is 35.0 Å². The van der Waals surface area contributed by atoms with Crippen LogP contribution < -0.4 is 5.32 Å². The third-order valence-electron chi connectivity index (χ3n) is 4.84. The summed E-state index contributed by atoms with van der Waals surface area (Å²) in [6, 6.07) is 10.4. The molecule has 0 radical (unpaired) electrons. The number of hydrogen-bond donors (Lipinski definition) is 1. The van der Waals surface area contributed by atoms with Gasteiger partial charge in [-0.1, -0.05) is 49.6 Å². The number of amides is 1. The molecule has 0 fully saturated rings. The number of aryl methyl sites for hydroxylation is 1. The van der Waals surface area contributed by atoms with Gasteiger partial charge in [0, 0.05) is 34.0 Å². The fraction of sp³-hybridized carbons (Fsp3) is 0.625. The van der Waals surface area contributed by atoms with Crippen molar-refractivity contribution in [3.63, 3.8) is 0 Å². The van der Waals surface area contributed by atoms with Crippen LogP contribution >= 0.6 is 0 Å². The molecule has 1 rings (SSSR count). The molecule has 7 nitrogen and oxygen atoms in total. The standard InChI is InChI=1S/C24H37NO6/c1-20(26)25-24(18-30-21(2)27,19-31-22(3)28)15-9-4-5-10-16-29-17-11-14-23-12-7-6-8-13-23/h6-8,12-13H,4-5,9-11,14-19H2,1-3H3,(H,25,26). The maximum Gasteiger partial charge on any atom is 0.302 e. The Morgan fingerprint density at radius 3 is 1.97 bits per heavy atom. The average Bonchev–Trinajstić information content (AvgIpc) is 2.72. The highest BCUT2D eigenvalue weighted by atomic mass is 16.5. The van der Waals surface area contributed by atoms with Gasteiger partial charge in [0.1, 0.15) is 18.8 Å². The number of esters is 2. The number of benzene rings is 1. The minimum atomic E-state index is -0.906. The molecule has 0 heterocycles. The van der Waals surface area contributed by atoms with E-state index in [4.69, 9.17) is 14.2 Å². The van der Waals surface area contributed by atoms with E-state index >= 15 is 0 Å². The molecule has 0 bridgehead atoms. The summed E-state index contributed by atoms with van der Waals surface area (Å²) < 4.78 is 16.0. The minimum Gasteiger partial charge on any atom is -0.463 e. The van der Waals surface area contributed by atoms with Crippen LogP contribution in [0, 0.1) is 0 Å². The molecule has 0 unspecified atom stereocenters. The first-order valence-electron chi connectivity index (χ1n) is 11.0. The van der Waals surface area contributed by atoms with E-state index in [0.717, 1.165) is 51.7 Å². The molecule has 0 aliphatic heterocycles. The summed E-state index contributed by atoms with van der Waals surface area (Å²) in [7, 11) is 0. The van der Waals surface area contributed by atoms with E-state index in [1.165, 1.54) is 26.3 Å². The summed E-state index contributed by atoms with van der Waals surface area (Å²) >= 11 is 0. The van der Waals surface area contributed by atoms with E-state index in [-0.39, 0.29) is 19.1 Å². The van der Waals surface area contributed by atoms with Crippen LogP contribution in [0.1, 0.15) is 64.9 Å². The Morgan fingerprint density at radius 2 is 1.39 bits per heavy atom. The molecule has 0 atom stereocenters. The van der Waals surface area contributed by atoms with Gasteiger partial charge >= 0.3 is 11.9 Å². The van der Waals surface area contributed by atoms with Gasteiger partial charge in [0.2, 0.25) is 5.91 Å². The van der Waals surface area contributed by atoms with E-state index in [1.54, 1.807) is 0 Å². The zero-order chi connectivity index (χ0) is 23.0. The molecule has 0 aromatic heterocycles. The number of rotatable bonds is 16. The quantitative estimate of drug-likeness (QED) is 0.315. The lowest BCUT2D eigenvalue weighted by molar-refractivity contribution is -0.150. The van der Waals surface area contributed by atoms with Gasteiger partial charge in [-0.15, -0.1) is 0 Å². The highest BCUT2D eigenvalue weighted by Crippen LogP contribution is 2.18. The van der Waals surface area contributed by atoms with Crippen LogP contribution in [0.15, 0.2) is 30.3 Å². The van der Waals surface area contributed by atoms with Gasteiger partial charge in [0.15, 0.2) is 0 Å². The minimum absolute atomic E-state index is 0.0281. The first kappa shape index (κ1) is 26.6. The summed E-state index contributed by atoms with van der Waals surface area (Å²) in [5.41, 5.74) is 0.424. The van der Waals surface area contributed by atoms with Crippen molar-refractivity contribution in [2.75, 3.05) is 26.4 Å². The largest absolute Gasteiger partial charge is 0.463 e. The highest BCUT2D eigenvalue weighted by Gasteiger charge is 2.33. The van der Waals surface area contributed by atoms with Gasteiger partial charge in [-0.3, -0.25) is 14.4 Å². The summed E-state index contributed by atoms with van der Waals surface area (Å²) in [4.78, 5) is 34.2. The van der Waals surface area contributed by atoms with Crippen LogP contribution in [0.2, 0.25) is 0 Å². The molecule has 0 spiro atoms. The van der Waals surface area contributed by atoms with Gasteiger partial charge in [0.25, 0.3) is 0 Å². The fourth-order valence-corrected chi connectivity index (χ4v) is 3.32. The maximum atomic E-state index is 11.7. The van der Waals surface area contributed by atoms with Gasteiger partial charge < -0.3 is 19.5 Å². The van der Waals surface area contributed by atoms with E-state index < -0.39 is 17.5 Å². The predicted octanol–water partition coefficient (Wildman–Crippen LogP) is 3.59. The van der Waals surface area contributed by atoms with E-state index in [9.17, 15) is 14.4 Å². The Kier molecular flexibility index (Phi) is 13.2. The zero-order valence-electron chi connectivity index (χ0n) is 19.1.